The summed E-state index contributed by atoms with van der Waals surface area (Å²) >= 11 is 0. The zero-order chi connectivity index (χ0) is 19.9. The van der Waals surface area contributed by atoms with Gasteiger partial charge >= 0.3 is 21.7 Å². The fraction of sp³-hybridized carbons (Fsp3) is 0.217. The molecule has 0 aliphatic rings. The monoisotopic (exact) mass is 438 g/mol. The van der Waals surface area contributed by atoms with Crippen LogP contribution in [0.15, 0.2) is 91.0 Å². The Morgan fingerprint density at radius 1 is 0.517 bits per heavy atom. The predicted molar refractivity (Wildman–Crippen MR) is 125 cm³/mol. The first-order valence-electron chi connectivity index (χ1n) is 9.19. The molecule has 3 rings (SSSR count). The molecule has 0 amide bonds. The van der Waals surface area contributed by atoms with Gasteiger partial charge in [-0.25, -0.2) is 0 Å². The molecule has 0 spiro atoms. The summed E-state index contributed by atoms with van der Waals surface area (Å²) in [6.45, 7) is 0. The van der Waals surface area contributed by atoms with Crippen LogP contribution in [0.1, 0.15) is 0 Å². The van der Waals surface area contributed by atoms with Crippen LogP contribution in [0.4, 0.5) is 17.1 Å². The van der Waals surface area contributed by atoms with Crippen molar-refractivity contribution in [3.63, 3.8) is 0 Å². The minimum absolute atomic E-state index is 0. The van der Waals surface area contributed by atoms with Gasteiger partial charge in [0.1, 0.15) is 0 Å². The van der Waals surface area contributed by atoms with Crippen LogP contribution in [-0.4, -0.2) is 33.0 Å². The topological polar surface area (TPSA) is 56.4 Å². The average Bonchev–Trinajstić information content (AvgIpc) is 2.76. The molecule has 0 saturated heterocycles. The molecule has 0 atom stereocenters. The Kier molecular flexibility index (Phi) is 13.9. The van der Waals surface area contributed by atoms with Gasteiger partial charge in [0.15, 0.2) is 0 Å². The van der Waals surface area contributed by atoms with Crippen LogP contribution in [0.2, 0.25) is 0 Å². The molecule has 0 bridgehead atoms. The second kappa shape index (κ2) is 16.0. The summed E-state index contributed by atoms with van der Waals surface area (Å²) in [5, 5.41) is 17.7. The number of para-hydroxylation sites is 3. The molecule has 3 aromatic carbocycles. The third-order valence-electron chi connectivity index (χ3n) is 3.63. The Bertz CT molecular complexity index is 641. The molecule has 4 nitrogen and oxygen atoms in total. The Hall–Kier alpha value is -1.84. The van der Waals surface area contributed by atoms with E-state index in [1.54, 1.807) is 14.1 Å². The van der Waals surface area contributed by atoms with Crippen LogP contribution in [0, 0.1) is 0 Å². The van der Waals surface area contributed by atoms with Gasteiger partial charge in [0.2, 0.25) is 0 Å². The minimum atomic E-state index is -0.432. The number of hydrogen-bond acceptors (Lipinski definition) is 0. The molecule has 3 aromatic rings. The molecule has 0 N–H and O–H groups in total. The van der Waals surface area contributed by atoms with Gasteiger partial charge in [-0.2, -0.15) is 22.0 Å². The predicted octanol–water partition coefficient (Wildman–Crippen LogP) is 8.07. The third kappa shape index (κ3) is 11.1. The van der Waals surface area contributed by atoms with Crippen molar-refractivity contribution in [1.82, 2.24) is 0 Å². The van der Waals surface area contributed by atoms with Crippen LogP contribution < -0.4 is 0 Å². The molecular weight excluding hydrogens is 411 g/mol. The Morgan fingerprint density at radius 3 is 1.00 bits per heavy atom. The van der Waals surface area contributed by atoms with Crippen molar-refractivity contribution in [2.75, 3.05) is 33.0 Å². The van der Waals surface area contributed by atoms with Crippen molar-refractivity contribution in [2.24, 2.45) is 0 Å². The van der Waals surface area contributed by atoms with Crippen molar-refractivity contribution in [3.8, 4) is 0 Å². The van der Waals surface area contributed by atoms with E-state index >= 15 is 0 Å². The fourth-order valence-electron chi connectivity index (χ4n) is 2.28. The summed E-state index contributed by atoms with van der Waals surface area (Å²) in [4.78, 5) is 0. The zero-order valence-corrected chi connectivity index (χ0v) is 19.5. The van der Waals surface area contributed by atoms with E-state index < -0.39 is 7.92 Å². The Morgan fingerprint density at radius 2 is 0.759 bits per heavy atom. The molecule has 0 aliphatic carbocycles. The SMILES string of the molecule is C[N-]C.[Ti+4].c1ccc([N-]CP(C[N-]c2ccccc2)C[N-]c2ccccc2)cc1. The summed E-state index contributed by atoms with van der Waals surface area (Å²) in [6.07, 6.45) is 2.35. The van der Waals surface area contributed by atoms with E-state index in [4.69, 9.17) is 16.0 Å². The van der Waals surface area contributed by atoms with Gasteiger partial charge in [0.25, 0.3) is 0 Å². The van der Waals surface area contributed by atoms with Crippen LogP contribution in [-0.2, 0) is 21.7 Å². The Balaban J connectivity index is 0.000000990. The first kappa shape index (κ1) is 25.2. The van der Waals surface area contributed by atoms with Crippen molar-refractivity contribution >= 4 is 25.0 Å². The molecule has 148 valence electrons. The van der Waals surface area contributed by atoms with Gasteiger partial charge < -0.3 is 21.3 Å². The maximum atomic E-state index is 4.74. The largest absolute Gasteiger partial charge is 4.00 e. The van der Waals surface area contributed by atoms with Gasteiger partial charge in [-0.05, 0) is 0 Å². The standard InChI is InChI=1S/C21H21N3P.C2H6N.Ti/c1-4-10-19(11-5-1)22-16-25(17-23-20-12-6-2-7-13-20)18-24-21-14-8-3-9-15-21;1-3-2;/h1-15H,16-18H2;1-2H3;/q-3;-1;+4. The van der Waals surface area contributed by atoms with E-state index in [0.717, 1.165) is 35.9 Å². The van der Waals surface area contributed by atoms with Gasteiger partial charge in [0, 0.05) is 0 Å². The number of rotatable bonds is 9. The zero-order valence-electron chi connectivity index (χ0n) is 17.0. The molecule has 0 heterocycles. The van der Waals surface area contributed by atoms with Gasteiger partial charge in [0.05, 0.1) is 0 Å². The van der Waals surface area contributed by atoms with E-state index in [2.05, 4.69) is 5.32 Å². The van der Waals surface area contributed by atoms with Crippen molar-refractivity contribution in [1.29, 1.82) is 0 Å². The normalized spacial score (nSPS) is 9.62. The molecule has 0 aromatic heterocycles. The van der Waals surface area contributed by atoms with E-state index in [0.29, 0.717) is 0 Å². The first-order valence-corrected chi connectivity index (χ1v) is 11.1. The second-order valence-electron chi connectivity index (χ2n) is 6.02. The van der Waals surface area contributed by atoms with Crippen molar-refractivity contribution in [3.05, 3.63) is 112 Å². The molecular formula is C23H27N4PTi. The maximum absolute atomic E-state index is 4.74. The average molecular weight is 438 g/mol. The summed E-state index contributed by atoms with van der Waals surface area (Å²) in [7, 11) is 3.07. The third-order valence-corrected chi connectivity index (χ3v) is 5.25. The van der Waals surface area contributed by atoms with E-state index in [9.17, 15) is 0 Å². The summed E-state index contributed by atoms with van der Waals surface area (Å²) in [5.41, 5.74) is 3.07. The molecule has 6 heteroatoms. The quantitative estimate of drug-likeness (QED) is 0.240. The van der Waals surface area contributed by atoms with Gasteiger partial charge in [-0.15, -0.1) is 35.9 Å². The van der Waals surface area contributed by atoms with Crippen LogP contribution in [0.5, 0.6) is 0 Å². The number of hydrogen-bond donors (Lipinski definition) is 0. The molecule has 0 fully saturated rings. The summed E-state index contributed by atoms with van der Waals surface area (Å²) in [5.74, 6) is 0. The van der Waals surface area contributed by atoms with Crippen molar-refractivity contribution < 1.29 is 21.7 Å². The molecule has 29 heavy (non-hydrogen) atoms. The van der Waals surface area contributed by atoms with Crippen molar-refractivity contribution in [2.45, 2.75) is 0 Å². The second-order valence-corrected chi connectivity index (χ2v) is 8.21. The smallest absolute Gasteiger partial charge is 0.681 e. The maximum Gasteiger partial charge on any atom is 4.00 e. The number of benzene rings is 3. The van der Waals surface area contributed by atoms with Gasteiger partial charge in [-0.3, -0.25) is 0 Å². The fourth-order valence-corrected chi connectivity index (χ4v) is 3.64. The Labute approximate surface area is 191 Å². The molecule has 0 saturated carbocycles. The minimum Gasteiger partial charge on any atom is -0.681 e. The molecule has 0 radical (unpaired) electrons. The van der Waals surface area contributed by atoms with Gasteiger partial charge in [-0.1, -0.05) is 91.0 Å². The van der Waals surface area contributed by atoms with E-state index in [1.165, 1.54) is 0 Å². The summed E-state index contributed by atoms with van der Waals surface area (Å²) in [6, 6.07) is 30.4. The molecule has 0 aliphatic heterocycles. The first-order chi connectivity index (χ1) is 13.8. The van der Waals surface area contributed by atoms with Crippen LogP contribution in [0.3, 0.4) is 0 Å². The summed E-state index contributed by atoms with van der Waals surface area (Å²) < 4.78 is 0. The van der Waals surface area contributed by atoms with E-state index in [-0.39, 0.29) is 21.7 Å². The number of nitrogens with zero attached hydrogens (tertiary/aromatic N) is 4. The van der Waals surface area contributed by atoms with Crippen LogP contribution >= 0.6 is 7.92 Å². The molecule has 0 unspecified atom stereocenters. The van der Waals surface area contributed by atoms with E-state index in [1.807, 2.05) is 91.0 Å². The van der Waals surface area contributed by atoms with Crippen LogP contribution in [0.25, 0.3) is 21.3 Å².